The molecule has 0 aliphatic heterocycles. The molecule has 0 saturated heterocycles. The number of carbonyl (C=O) groups is 1. The van der Waals surface area contributed by atoms with Gasteiger partial charge in [-0.15, -0.1) is 0 Å². The Morgan fingerprint density at radius 1 is 1.16 bits per heavy atom. The van der Waals surface area contributed by atoms with Crippen molar-refractivity contribution in [2.45, 2.75) is 6.42 Å². The maximum atomic E-state index is 13.5. The Morgan fingerprint density at radius 2 is 1.95 bits per heavy atom. The van der Waals surface area contributed by atoms with Gasteiger partial charge in [0.15, 0.2) is 5.78 Å². The first-order valence-corrected chi connectivity index (χ1v) is 5.71. The van der Waals surface area contributed by atoms with E-state index < -0.39 is 17.4 Å². The number of halogens is 2. The van der Waals surface area contributed by atoms with Crippen molar-refractivity contribution >= 4 is 5.78 Å². The number of methoxy groups -OCH3 is 1. The summed E-state index contributed by atoms with van der Waals surface area (Å²) in [5.41, 5.74) is 0.454. The van der Waals surface area contributed by atoms with Crippen molar-refractivity contribution in [2.75, 3.05) is 7.11 Å². The van der Waals surface area contributed by atoms with Crippen LogP contribution in [-0.4, -0.2) is 12.9 Å². The molecule has 0 aliphatic rings. The van der Waals surface area contributed by atoms with E-state index in [2.05, 4.69) is 0 Å². The summed E-state index contributed by atoms with van der Waals surface area (Å²) in [4.78, 5) is 11.9. The summed E-state index contributed by atoms with van der Waals surface area (Å²) in [7, 11) is 1.52. The number of hydrogen-bond donors (Lipinski definition) is 0. The smallest absolute Gasteiger partial charge is 0.170 e. The minimum absolute atomic E-state index is 0.00241. The summed E-state index contributed by atoms with van der Waals surface area (Å²) < 4.78 is 31.5. The van der Waals surface area contributed by atoms with E-state index in [1.54, 1.807) is 24.3 Å². The van der Waals surface area contributed by atoms with Crippen molar-refractivity contribution in [1.82, 2.24) is 0 Å². The molecule has 0 radical (unpaired) electrons. The maximum absolute atomic E-state index is 13.5. The highest BCUT2D eigenvalue weighted by atomic mass is 19.1. The number of ketones is 1. The SMILES string of the molecule is COc1cccc(CC(=O)c2cc(F)ccc2F)c1. The number of benzene rings is 2. The second-order valence-corrected chi connectivity index (χ2v) is 4.08. The first-order valence-electron chi connectivity index (χ1n) is 5.71. The van der Waals surface area contributed by atoms with Crippen LogP contribution in [0.5, 0.6) is 5.75 Å². The van der Waals surface area contributed by atoms with E-state index in [0.29, 0.717) is 11.3 Å². The van der Waals surface area contributed by atoms with Gasteiger partial charge in [0.25, 0.3) is 0 Å². The molecule has 0 aromatic heterocycles. The lowest BCUT2D eigenvalue weighted by Crippen LogP contribution is -2.06. The molecule has 19 heavy (non-hydrogen) atoms. The summed E-state index contributed by atoms with van der Waals surface area (Å²) in [6.45, 7) is 0. The van der Waals surface area contributed by atoms with Gasteiger partial charge < -0.3 is 4.74 Å². The number of carbonyl (C=O) groups excluding carboxylic acids is 1. The monoisotopic (exact) mass is 262 g/mol. The summed E-state index contributed by atoms with van der Waals surface area (Å²) in [6.07, 6.45) is -0.00241. The van der Waals surface area contributed by atoms with Gasteiger partial charge in [0.05, 0.1) is 12.7 Å². The lowest BCUT2D eigenvalue weighted by Gasteiger charge is -2.05. The molecule has 0 fully saturated rings. The predicted molar refractivity (Wildman–Crippen MR) is 67.4 cm³/mol. The largest absolute Gasteiger partial charge is 0.497 e. The van der Waals surface area contributed by atoms with Gasteiger partial charge in [-0.2, -0.15) is 0 Å². The molecular formula is C15H12F2O2. The third-order valence-corrected chi connectivity index (χ3v) is 2.73. The van der Waals surface area contributed by atoms with E-state index in [0.717, 1.165) is 18.2 Å². The standard InChI is InChI=1S/C15H12F2O2/c1-19-12-4-2-3-10(7-12)8-15(18)13-9-11(16)5-6-14(13)17/h2-7,9H,8H2,1H3. The van der Waals surface area contributed by atoms with Crippen LogP contribution in [0.2, 0.25) is 0 Å². The molecule has 2 rings (SSSR count). The Kier molecular flexibility index (Phi) is 3.90. The van der Waals surface area contributed by atoms with Gasteiger partial charge in [0.1, 0.15) is 17.4 Å². The summed E-state index contributed by atoms with van der Waals surface area (Å²) in [6, 6.07) is 9.76. The second-order valence-electron chi connectivity index (χ2n) is 4.08. The molecule has 2 nitrogen and oxygen atoms in total. The Balaban J connectivity index is 2.23. The average molecular weight is 262 g/mol. The number of hydrogen-bond acceptors (Lipinski definition) is 2. The zero-order chi connectivity index (χ0) is 13.8. The van der Waals surface area contributed by atoms with E-state index in [1.807, 2.05) is 0 Å². The third kappa shape index (κ3) is 3.16. The van der Waals surface area contributed by atoms with Gasteiger partial charge >= 0.3 is 0 Å². The molecule has 2 aromatic rings. The molecule has 0 N–H and O–H groups in total. The van der Waals surface area contributed by atoms with E-state index in [1.165, 1.54) is 7.11 Å². The van der Waals surface area contributed by atoms with Crippen molar-refractivity contribution in [3.8, 4) is 5.75 Å². The molecule has 0 bridgehead atoms. The second kappa shape index (κ2) is 5.61. The van der Waals surface area contributed by atoms with Crippen LogP contribution < -0.4 is 4.74 Å². The van der Waals surface area contributed by atoms with E-state index >= 15 is 0 Å². The van der Waals surface area contributed by atoms with Crippen molar-refractivity contribution in [3.05, 3.63) is 65.2 Å². The van der Waals surface area contributed by atoms with Gasteiger partial charge in [-0.25, -0.2) is 8.78 Å². The van der Waals surface area contributed by atoms with Crippen LogP contribution in [0.15, 0.2) is 42.5 Å². The minimum atomic E-state index is -0.714. The molecule has 4 heteroatoms. The minimum Gasteiger partial charge on any atom is -0.497 e. The summed E-state index contributed by atoms with van der Waals surface area (Å²) in [5.74, 6) is -1.19. The van der Waals surface area contributed by atoms with Gasteiger partial charge in [-0.05, 0) is 35.9 Å². The summed E-state index contributed by atoms with van der Waals surface area (Å²) in [5, 5.41) is 0. The quantitative estimate of drug-likeness (QED) is 0.789. The highest BCUT2D eigenvalue weighted by molar-refractivity contribution is 5.97. The first kappa shape index (κ1) is 13.2. The molecule has 0 heterocycles. The van der Waals surface area contributed by atoms with E-state index in [4.69, 9.17) is 4.74 Å². The Labute approximate surface area is 109 Å². The van der Waals surface area contributed by atoms with Crippen molar-refractivity contribution in [3.63, 3.8) is 0 Å². The molecule has 0 atom stereocenters. The molecule has 0 spiro atoms. The fourth-order valence-corrected chi connectivity index (χ4v) is 1.77. The van der Waals surface area contributed by atoms with Crippen LogP contribution in [-0.2, 0) is 6.42 Å². The van der Waals surface area contributed by atoms with E-state index in [9.17, 15) is 13.6 Å². The molecule has 2 aromatic carbocycles. The first-order chi connectivity index (χ1) is 9.10. The Bertz CT molecular complexity index is 609. The molecule has 0 saturated carbocycles. The van der Waals surface area contributed by atoms with E-state index in [-0.39, 0.29) is 12.0 Å². The third-order valence-electron chi connectivity index (χ3n) is 2.73. The molecular weight excluding hydrogens is 250 g/mol. The van der Waals surface area contributed by atoms with Crippen molar-refractivity contribution < 1.29 is 18.3 Å². The highest BCUT2D eigenvalue weighted by Crippen LogP contribution is 2.16. The highest BCUT2D eigenvalue weighted by Gasteiger charge is 2.13. The van der Waals surface area contributed by atoms with Crippen LogP contribution in [0.25, 0.3) is 0 Å². The number of Topliss-reactive ketones (excluding diaryl/α,β-unsaturated/α-hetero) is 1. The number of rotatable bonds is 4. The van der Waals surface area contributed by atoms with Crippen molar-refractivity contribution in [2.24, 2.45) is 0 Å². The van der Waals surface area contributed by atoms with Crippen LogP contribution in [0.1, 0.15) is 15.9 Å². The van der Waals surface area contributed by atoms with Crippen LogP contribution >= 0.6 is 0 Å². The molecule has 0 unspecified atom stereocenters. The number of ether oxygens (including phenoxy) is 1. The molecule has 98 valence electrons. The Morgan fingerprint density at radius 3 is 2.68 bits per heavy atom. The normalized spacial score (nSPS) is 10.3. The zero-order valence-corrected chi connectivity index (χ0v) is 10.3. The zero-order valence-electron chi connectivity index (χ0n) is 10.3. The van der Waals surface area contributed by atoms with Crippen LogP contribution in [0.3, 0.4) is 0 Å². The molecule has 0 amide bonds. The molecule has 0 aliphatic carbocycles. The fourth-order valence-electron chi connectivity index (χ4n) is 1.77. The Hall–Kier alpha value is -2.23. The topological polar surface area (TPSA) is 26.3 Å². The fraction of sp³-hybridized carbons (Fsp3) is 0.133. The van der Waals surface area contributed by atoms with Crippen molar-refractivity contribution in [1.29, 1.82) is 0 Å². The van der Waals surface area contributed by atoms with Gasteiger partial charge in [-0.3, -0.25) is 4.79 Å². The lowest BCUT2D eigenvalue weighted by molar-refractivity contribution is 0.0988. The van der Waals surface area contributed by atoms with Gasteiger partial charge in [-0.1, -0.05) is 12.1 Å². The average Bonchev–Trinajstić information content (AvgIpc) is 2.41. The summed E-state index contributed by atoms with van der Waals surface area (Å²) >= 11 is 0. The van der Waals surface area contributed by atoms with Gasteiger partial charge in [0, 0.05) is 6.42 Å². The maximum Gasteiger partial charge on any atom is 0.170 e. The van der Waals surface area contributed by atoms with Gasteiger partial charge in [0.2, 0.25) is 0 Å². The predicted octanol–water partition coefficient (Wildman–Crippen LogP) is 3.40. The lowest BCUT2D eigenvalue weighted by atomic mass is 10.0. The van der Waals surface area contributed by atoms with Crippen LogP contribution in [0.4, 0.5) is 8.78 Å². The van der Waals surface area contributed by atoms with Crippen LogP contribution in [0, 0.1) is 11.6 Å².